The third-order valence-electron chi connectivity index (χ3n) is 5.01. The van der Waals surface area contributed by atoms with E-state index >= 15 is 0 Å². The molecule has 0 aromatic carbocycles. The van der Waals surface area contributed by atoms with E-state index in [-0.39, 0.29) is 42.7 Å². The van der Waals surface area contributed by atoms with Crippen molar-refractivity contribution in [1.29, 1.82) is 0 Å². The van der Waals surface area contributed by atoms with Gasteiger partial charge in [0, 0.05) is 0 Å². The molecule has 0 saturated carbocycles. The van der Waals surface area contributed by atoms with Gasteiger partial charge in [0.1, 0.15) is 0 Å². The molecule has 8 heteroatoms. The Balaban J connectivity index is -0.00000104. The van der Waals surface area contributed by atoms with E-state index in [0.29, 0.717) is 0 Å². The zero-order valence-electron chi connectivity index (χ0n) is 19.6. The van der Waals surface area contributed by atoms with Crippen LogP contribution in [-0.2, 0) is 9.47 Å². The molecule has 6 nitrogen and oxygen atoms in total. The van der Waals surface area contributed by atoms with Crippen LogP contribution in [0.15, 0.2) is 0 Å². The van der Waals surface area contributed by atoms with Crippen LogP contribution in [0.4, 0.5) is 4.79 Å². The molecule has 0 aromatic heterocycles. The van der Waals surface area contributed by atoms with Crippen molar-refractivity contribution in [1.82, 2.24) is 9.80 Å². The van der Waals surface area contributed by atoms with E-state index in [1.165, 1.54) is 0 Å². The number of hydrogen-bond donors (Lipinski definition) is 0. The van der Waals surface area contributed by atoms with Crippen LogP contribution in [0.25, 0.3) is 0 Å². The van der Waals surface area contributed by atoms with Gasteiger partial charge in [-0.05, 0) is 51.9 Å². The zero-order valence-corrected chi connectivity index (χ0v) is 21.2. The van der Waals surface area contributed by atoms with Crippen molar-refractivity contribution in [2.75, 3.05) is 26.2 Å². The Morgan fingerprint density at radius 1 is 0.655 bits per heavy atom. The van der Waals surface area contributed by atoms with Crippen LogP contribution in [0.1, 0.15) is 92.9 Å². The van der Waals surface area contributed by atoms with Gasteiger partial charge < -0.3 is 14.9 Å². The lowest BCUT2D eigenvalue weighted by atomic mass is 10.2. The molecule has 0 amide bonds. The number of ether oxygens (including phenoxy) is 2. The van der Waals surface area contributed by atoms with E-state index in [9.17, 15) is 4.79 Å². The fraction of sp³-hybridized carbons (Fsp3) is 0.952. The fourth-order valence-electron chi connectivity index (χ4n) is 3.28. The first-order valence-corrected chi connectivity index (χ1v) is 10.9. The summed E-state index contributed by atoms with van der Waals surface area (Å²) in [6, 6.07) is 0. The SMILES string of the molecule is CCCCCC(OC(=O)OC(CCCCC)N(CC)CC)N(CC)CC.Cl.Cl.O. The topological polar surface area (TPSA) is 73.5 Å². The summed E-state index contributed by atoms with van der Waals surface area (Å²) >= 11 is 0. The van der Waals surface area contributed by atoms with Crippen LogP contribution >= 0.6 is 24.8 Å². The van der Waals surface area contributed by atoms with E-state index in [2.05, 4.69) is 51.3 Å². The van der Waals surface area contributed by atoms with Gasteiger partial charge in [-0.2, -0.15) is 0 Å². The van der Waals surface area contributed by atoms with Gasteiger partial charge in [0.25, 0.3) is 0 Å². The van der Waals surface area contributed by atoms with Crippen molar-refractivity contribution >= 4 is 31.0 Å². The Bertz CT molecular complexity index is 315. The molecule has 2 unspecified atom stereocenters. The van der Waals surface area contributed by atoms with Gasteiger partial charge >= 0.3 is 6.16 Å². The third-order valence-corrected chi connectivity index (χ3v) is 5.01. The lowest BCUT2D eigenvalue weighted by Crippen LogP contribution is -2.42. The fourth-order valence-corrected chi connectivity index (χ4v) is 3.28. The van der Waals surface area contributed by atoms with Crippen LogP contribution in [0.3, 0.4) is 0 Å². The molecule has 0 fully saturated rings. The largest absolute Gasteiger partial charge is 0.511 e. The van der Waals surface area contributed by atoms with Crippen molar-refractivity contribution in [3.8, 4) is 0 Å². The summed E-state index contributed by atoms with van der Waals surface area (Å²) in [6.07, 6.45) is 7.65. The maximum absolute atomic E-state index is 12.5. The Hall–Kier alpha value is -0.270. The molecule has 0 saturated heterocycles. The normalized spacial score (nSPS) is 12.4. The highest BCUT2D eigenvalue weighted by molar-refractivity contribution is 5.85. The summed E-state index contributed by atoms with van der Waals surface area (Å²) in [5, 5.41) is 0. The van der Waals surface area contributed by atoms with Gasteiger partial charge in [0.2, 0.25) is 0 Å². The highest BCUT2D eigenvalue weighted by Crippen LogP contribution is 2.16. The molecule has 0 radical (unpaired) electrons. The Morgan fingerprint density at radius 3 is 1.21 bits per heavy atom. The van der Waals surface area contributed by atoms with Crippen molar-refractivity contribution in [2.24, 2.45) is 0 Å². The number of unbranched alkanes of at least 4 members (excludes halogenated alkanes) is 4. The first-order valence-electron chi connectivity index (χ1n) is 10.9. The number of rotatable bonds is 16. The molecule has 2 N–H and O–H groups in total. The highest BCUT2D eigenvalue weighted by atomic mass is 35.5. The summed E-state index contributed by atoms with van der Waals surface area (Å²) in [4.78, 5) is 16.9. The highest BCUT2D eigenvalue weighted by Gasteiger charge is 2.25. The maximum Gasteiger partial charge on any atom is 0.511 e. The van der Waals surface area contributed by atoms with Gasteiger partial charge in [0.05, 0.1) is 0 Å². The molecule has 2 atom stereocenters. The second kappa shape index (κ2) is 24.0. The summed E-state index contributed by atoms with van der Waals surface area (Å²) in [5.41, 5.74) is 0. The molecule has 0 aliphatic heterocycles. The third kappa shape index (κ3) is 16.1. The predicted molar refractivity (Wildman–Crippen MR) is 127 cm³/mol. The van der Waals surface area contributed by atoms with Crippen molar-refractivity contribution in [3.05, 3.63) is 0 Å². The number of carbonyl (C=O) groups excluding carboxylic acids is 1. The standard InChI is InChI=1S/C21H44N2O3.2ClH.H2O/c1-7-13-15-17-19(22(9-3)10-4)25-21(24)26-20(18-16-14-8-2)23(11-5)12-6;;;/h19-20H,7-18H2,1-6H3;2*1H;1H2. The minimum absolute atomic E-state index is 0. The number of nitrogens with zero attached hydrogens (tertiary/aromatic N) is 2. The monoisotopic (exact) mass is 462 g/mol. The molecule has 180 valence electrons. The Labute approximate surface area is 192 Å². The maximum atomic E-state index is 12.5. The van der Waals surface area contributed by atoms with Crippen LogP contribution in [0, 0.1) is 0 Å². The van der Waals surface area contributed by atoms with Gasteiger partial charge in [0.15, 0.2) is 12.5 Å². The van der Waals surface area contributed by atoms with Gasteiger partial charge in [-0.15, -0.1) is 24.8 Å². The smallest absolute Gasteiger partial charge is 0.415 e. The molecule has 0 aromatic rings. The quantitative estimate of drug-likeness (QED) is 0.168. The first kappa shape index (κ1) is 36.1. The molecular weight excluding hydrogens is 415 g/mol. The molecule has 0 aliphatic rings. The molecule has 29 heavy (non-hydrogen) atoms. The average Bonchev–Trinajstić information content (AvgIpc) is 2.63. The summed E-state index contributed by atoms with van der Waals surface area (Å²) in [6.45, 7) is 16.3. The van der Waals surface area contributed by atoms with Crippen molar-refractivity contribution in [2.45, 2.75) is 105 Å². The average molecular weight is 464 g/mol. The number of halogens is 2. The lowest BCUT2D eigenvalue weighted by molar-refractivity contribution is -0.0910. The van der Waals surface area contributed by atoms with Crippen molar-refractivity contribution < 1.29 is 19.7 Å². The van der Waals surface area contributed by atoms with E-state index in [1.807, 2.05) is 0 Å². The van der Waals surface area contributed by atoms with Crippen LogP contribution < -0.4 is 0 Å². The predicted octanol–water partition coefficient (Wildman–Crippen LogP) is 5.65. The Morgan fingerprint density at radius 2 is 0.966 bits per heavy atom. The Kier molecular flexibility index (Phi) is 29.9. The van der Waals surface area contributed by atoms with E-state index in [1.54, 1.807) is 0 Å². The van der Waals surface area contributed by atoms with E-state index in [4.69, 9.17) is 9.47 Å². The van der Waals surface area contributed by atoms with Gasteiger partial charge in [-0.3, -0.25) is 9.80 Å². The lowest BCUT2D eigenvalue weighted by Gasteiger charge is -2.32. The van der Waals surface area contributed by atoms with Crippen LogP contribution in [0.5, 0.6) is 0 Å². The van der Waals surface area contributed by atoms with Gasteiger partial charge in [-0.25, -0.2) is 4.79 Å². The summed E-state index contributed by atoms with van der Waals surface area (Å²) in [5.74, 6) is 0. The summed E-state index contributed by atoms with van der Waals surface area (Å²) in [7, 11) is 0. The van der Waals surface area contributed by atoms with Gasteiger partial charge in [-0.1, -0.05) is 67.2 Å². The van der Waals surface area contributed by atoms with E-state index < -0.39 is 6.16 Å². The van der Waals surface area contributed by atoms with Crippen LogP contribution in [0.2, 0.25) is 0 Å². The second-order valence-corrected chi connectivity index (χ2v) is 6.83. The molecular formula is C21H48Cl2N2O4. The number of carbonyl (C=O) groups is 1. The molecule has 0 heterocycles. The minimum Gasteiger partial charge on any atom is -0.415 e. The minimum atomic E-state index is -0.521. The molecule has 0 bridgehead atoms. The molecule has 0 spiro atoms. The number of hydrogen-bond acceptors (Lipinski definition) is 5. The zero-order chi connectivity index (χ0) is 19.8. The second-order valence-electron chi connectivity index (χ2n) is 6.83. The van der Waals surface area contributed by atoms with Crippen LogP contribution in [-0.4, -0.2) is 60.1 Å². The summed E-state index contributed by atoms with van der Waals surface area (Å²) < 4.78 is 11.5. The van der Waals surface area contributed by atoms with Crippen molar-refractivity contribution in [3.63, 3.8) is 0 Å². The first-order chi connectivity index (χ1) is 12.6. The molecule has 0 aliphatic carbocycles. The molecule has 0 rings (SSSR count). The van der Waals surface area contributed by atoms with E-state index in [0.717, 1.165) is 77.5 Å².